The molecule has 0 aliphatic rings. The molecule has 0 fully saturated rings. The van der Waals surface area contributed by atoms with Gasteiger partial charge in [-0.25, -0.2) is 5.43 Å². The van der Waals surface area contributed by atoms with Gasteiger partial charge in [-0.15, -0.1) is 0 Å². The number of hydrogen-bond donors (Lipinski definition) is 1. The summed E-state index contributed by atoms with van der Waals surface area (Å²) in [7, 11) is 1.65. The molecule has 0 unspecified atom stereocenters. The van der Waals surface area contributed by atoms with Gasteiger partial charge in [0.15, 0.2) is 6.61 Å². The van der Waals surface area contributed by atoms with Crippen LogP contribution in [-0.4, -0.2) is 25.8 Å². The number of nitrogens with zero attached hydrogens (tertiary/aromatic N) is 1. The third kappa shape index (κ3) is 5.33. The van der Waals surface area contributed by atoms with E-state index in [9.17, 15) is 4.79 Å². The predicted molar refractivity (Wildman–Crippen MR) is 109 cm³/mol. The molecule has 2 aromatic carbocycles. The molecular formula is C22H28N2O3. The molecule has 0 atom stereocenters. The molecule has 2 aromatic rings. The van der Waals surface area contributed by atoms with E-state index >= 15 is 0 Å². The Morgan fingerprint density at radius 3 is 2.52 bits per heavy atom. The summed E-state index contributed by atoms with van der Waals surface area (Å²) in [4.78, 5) is 12.1. The van der Waals surface area contributed by atoms with Crippen LogP contribution in [0.1, 0.15) is 47.6 Å². The second kappa shape index (κ2) is 9.21. The van der Waals surface area contributed by atoms with Crippen LogP contribution in [0.2, 0.25) is 0 Å². The Hall–Kier alpha value is -2.82. The Morgan fingerprint density at radius 2 is 1.85 bits per heavy atom. The molecule has 0 heterocycles. The average molecular weight is 368 g/mol. The molecule has 0 aliphatic heterocycles. The van der Waals surface area contributed by atoms with Crippen LogP contribution in [0.5, 0.6) is 11.5 Å². The number of carbonyl (C=O) groups is 1. The van der Waals surface area contributed by atoms with Gasteiger partial charge >= 0.3 is 0 Å². The second-order valence-corrected chi connectivity index (χ2v) is 6.88. The van der Waals surface area contributed by atoms with Gasteiger partial charge in [-0.1, -0.05) is 26.0 Å². The number of hydrogen-bond acceptors (Lipinski definition) is 4. The van der Waals surface area contributed by atoms with E-state index in [4.69, 9.17) is 9.47 Å². The van der Waals surface area contributed by atoms with Crippen LogP contribution in [0.3, 0.4) is 0 Å². The van der Waals surface area contributed by atoms with Crippen molar-refractivity contribution in [2.75, 3.05) is 13.7 Å². The molecule has 5 heteroatoms. The van der Waals surface area contributed by atoms with Crippen molar-refractivity contribution in [3.63, 3.8) is 0 Å². The normalized spacial score (nSPS) is 11.1. The lowest BCUT2D eigenvalue weighted by Gasteiger charge is -2.14. The molecule has 27 heavy (non-hydrogen) atoms. The summed E-state index contributed by atoms with van der Waals surface area (Å²) in [5.74, 6) is 1.60. The highest BCUT2D eigenvalue weighted by atomic mass is 16.5. The van der Waals surface area contributed by atoms with Gasteiger partial charge in [-0.05, 0) is 72.7 Å². The van der Waals surface area contributed by atoms with Gasteiger partial charge in [0, 0.05) is 0 Å². The van der Waals surface area contributed by atoms with Crippen molar-refractivity contribution in [1.82, 2.24) is 5.43 Å². The maximum atomic E-state index is 12.1. The fraction of sp³-hybridized carbons (Fsp3) is 0.364. The van der Waals surface area contributed by atoms with Gasteiger partial charge in [0.1, 0.15) is 11.5 Å². The Morgan fingerprint density at radius 1 is 1.11 bits per heavy atom. The summed E-state index contributed by atoms with van der Waals surface area (Å²) in [6, 6.07) is 9.84. The van der Waals surface area contributed by atoms with Crippen LogP contribution in [0.15, 0.2) is 35.4 Å². The summed E-state index contributed by atoms with van der Waals surface area (Å²) in [5.41, 5.74) is 7.73. The first kappa shape index (κ1) is 20.5. The average Bonchev–Trinajstić information content (AvgIpc) is 2.63. The summed E-state index contributed by atoms with van der Waals surface area (Å²) in [5, 5.41) is 4.04. The van der Waals surface area contributed by atoms with Crippen LogP contribution < -0.4 is 14.9 Å². The molecule has 1 N–H and O–H groups in total. The van der Waals surface area contributed by atoms with E-state index in [0.717, 1.165) is 39.3 Å². The molecule has 0 saturated heterocycles. The molecule has 0 aliphatic carbocycles. The first-order chi connectivity index (χ1) is 12.8. The molecule has 144 valence electrons. The molecule has 0 bridgehead atoms. The van der Waals surface area contributed by atoms with Crippen molar-refractivity contribution < 1.29 is 14.3 Å². The van der Waals surface area contributed by atoms with Crippen molar-refractivity contribution in [3.05, 3.63) is 58.1 Å². The predicted octanol–water partition coefficient (Wildman–Crippen LogP) is 4.27. The highest BCUT2D eigenvalue weighted by Gasteiger charge is 2.10. The lowest BCUT2D eigenvalue weighted by molar-refractivity contribution is -0.123. The number of rotatable bonds is 7. The molecule has 2 rings (SSSR count). The Kier molecular flexibility index (Phi) is 6.99. The highest BCUT2D eigenvalue weighted by molar-refractivity contribution is 5.85. The van der Waals surface area contributed by atoms with E-state index in [1.54, 1.807) is 13.3 Å². The smallest absolute Gasteiger partial charge is 0.277 e. The third-order valence-electron chi connectivity index (χ3n) is 4.54. The van der Waals surface area contributed by atoms with Gasteiger partial charge in [-0.3, -0.25) is 4.79 Å². The van der Waals surface area contributed by atoms with Crippen LogP contribution >= 0.6 is 0 Å². The number of ether oxygens (including phenoxy) is 2. The highest BCUT2D eigenvalue weighted by Crippen LogP contribution is 2.27. The van der Waals surface area contributed by atoms with Gasteiger partial charge < -0.3 is 9.47 Å². The quantitative estimate of drug-likeness (QED) is 0.586. The maximum Gasteiger partial charge on any atom is 0.277 e. The fourth-order valence-corrected chi connectivity index (χ4v) is 2.77. The van der Waals surface area contributed by atoms with E-state index in [1.165, 1.54) is 0 Å². The van der Waals surface area contributed by atoms with Crippen LogP contribution in [-0.2, 0) is 4.79 Å². The van der Waals surface area contributed by atoms with Crippen molar-refractivity contribution >= 4 is 12.1 Å². The van der Waals surface area contributed by atoms with Gasteiger partial charge in [0.25, 0.3) is 5.91 Å². The molecule has 0 spiro atoms. The first-order valence-electron chi connectivity index (χ1n) is 9.03. The lowest BCUT2D eigenvalue weighted by Crippen LogP contribution is -2.25. The molecule has 1 amide bonds. The van der Waals surface area contributed by atoms with Crippen LogP contribution in [0, 0.1) is 20.8 Å². The number of carbonyl (C=O) groups excluding carboxylic acids is 1. The topological polar surface area (TPSA) is 59.9 Å². The van der Waals surface area contributed by atoms with Crippen molar-refractivity contribution in [2.24, 2.45) is 5.10 Å². The number of amides is 1. The van der Waals surface area contributed by atoms with Crippen molar-refractivity contribution in [3.8, 4) is 11.5 Å². The summed E-state index contributed by atoms with van der Waals surface area (Å²) < 4.78 is 11.0. The Balaban J connectivity index is 1.97. The molecule has 0 aromatic heterocycles. The number of hydrazone groups is 1. The third-order valence-corrected chi connectivity index (χ3v) is 4.54. The SMILES string of the molecule is COc1ccc(/C=N/NC(=O)COc2cc(C)ccc2C(C)C)c(C)c1C. The Labute approximate surface area is 161 Å². The number of benzene rings is 2. The van der Waals surface area contributed by atoms with E-state index in [0.29, 0.717) is 5.92 Å². The van der Waals surface area contributed by atoms with Crippen LogP contribution in [0.25, 0.3) is 0 Å². The van der Waals surface area contributed by atoms with E-state index in [2.05, 4.69) is 24.4 Å². The Bertz CT molecular complexity index is 842. The summed E-state index contributed by atoms with van der Waals surface area (Å²) in [6.45, 7) is 10.1. The molecular weight excluding hydrogens is 340 g/mol. The zero-order valence-electron chi connectivity index (χ0n) is 16.9. The van der Waals surface area contributed by atoms with Crippen molar-refractivity contribution in [1.29, 1.82) is 0 Å². The summed E-state index contributed by atoms with van der Waals surface area (Å²) in [6.07, 6.45) is 1.63. The van der Waals surface area contributed by atoms with E-state index < -0.39 is 0 Å². The fourth-order valence-electron chi connectivity index (χ4n) is 2.77. The van der Waals surface area contributed by atoms with Gasteiger partial charge in [0.05, 0.1) is 13.3 Å². The minimum Gasteiger partial charge on any atom is -0.496 e. The lowest BCUT2D eigenvalue weighted by atomic mass is 10.0. The van der Waals surface area contributed by atoms with E-state index in [-0.39, 0.29) is 12.5 Å². The van der Waals surface area contributed by atoms with Gasteiger partial charge in [0.2, 0.25) is 0 Å². The zero-order chi connectivity index (χ0) is 20.0. The monoisotopic (exact) mass is 368 g/mol. The second-order valence-electron chi connectivity index (χ2n) is 6.88. The largest absolute Gasteiger partial charge is 0.496 e. The van der Waals surface area contributed by atoms with Gasteiger partial charge in [-0.2, -0.15) is 5.10 Å². The maximum absolute atomic E-state index is 12.1. The number of nitrogens with one attached hydrogen (secondary N) is 1. The minimum atomic E-state index is -0.301. The van der Waals surface area contributed by atoms with Crippen LogP contribution in [0.4, 0.5) is 0 Å². The minimum absolute atomic E-state index is 0.0822. The van der Waals surface area contributed by atoms with Crippen molar-refractivity contribution in [2.45, 2.75) is 40.5 Å². The van der Waals surface area contributed by atoms with E-state index in [1.807, 2.05) is 51.1 Å². The standard InChI is InChI=1S/C22H28N2O3/c1-14(2)19-9-7-15(3)11-21(19)27-13-22(25)24-23-12-18-8-10-20(26-6)17(5)16(18)4/h7-12,14H,13H2,1-6H3,(H,24,25)/b23-12+. The molecule has 5 nitrogen and oxygen atoms in total. The number of methoxy groups -OCH3 is 1. The molecule has 0 saturated carbocycles. The first-order valence-corrected chi connectivity index (χ1v) is 9.03. The summed E-state index contributed by atoms with van der Waals surface area (Å²) >= 11 is 0. The molecule has 0 radical (unpaired) electrons. The zero-order valence-corrected chi connectivity index (χ0v) is 16.9. The number of aryl methyl sites for hydroxylation is 1.